The number of hydrogen-bond donors (Lipinski definition) is 2. The third kappa shape index (κ3) is 3.38. The molecule has 0 saturated carbocycles. The molecule has 5 nitrogen and oxygen atoms in total. The van der Waals surface area contributed by atoms with Crippen molar-refractivity contribution in [2.75, 3.05) is 18.2 Å². The molecule has 1 aromatic heterocycles. The van der Waals surface area contributed by atoms with E-state index in [1.807, 2.05) is 13.0 Å². The van der Waals surface area contributed by atoms with Gasteiger partial charge in [0.25, 0.3) is 0 Å². The number of nitrogens with one attached hydrogen (secondary N) is 1. The lowest BCUT2D eigenvalue weighted by molar-refractivity contribution is 0.178. The minimum absolute atomic E-state index is 0.246. The highest BCUT2D eigenvalue weighted by molar-refractivity contribution is 5.59. The minimum Gasteiger partial charge on any atom is -0.384 e. The predicted octanol–water partition coefficient (Wildman–Crippen LogP) is 2.40. The summed E-state index contributed by atoms with van der Waals surface area (Å²) in [4.78, 5) is 8.20. The molecule has 0 amide bonds. The van der Waals surface area contributed by atoms with Crippen molar-refractivity contribution in [3.05, 3.63) is 41.5 Å². The molecule has 0 aliphatic rings. The highest BCUT2D eigenvalue weighted by Gasteiger charge is 2.06. The van der Waals surface area contributed by atoms with Gasteiger partial charge in [-0.3, -0.25) is 0 Å². The van der Waals surface area contributed by atoms with Gasteiger partial charge in [0.2, 0.25) is 0 Å². The molecular formula is C13H15FN4O. The molecule has 0 atom stereocenters. The fourth-order valence-electron chi connectivity index (χ4n) is 1.63. The van der Waals surface area contributed by atoms with Crippen LogP contribution in [0.25, 0.3) is 0 Å². The first-order chi connectivity index (χ1) is 9.08. The highest BCUT2D eigenvalue weighted by Crippen LogP contribution is 2.20. The Balaban J connectivity index is 2.27. The van der Waals surface area contributed by atoms with Gasteiger partial charge in [-0.25, -0.2) is 14.4 Å². The number of rotatable bonds is 4. The van der Waals surface area contributed by atoms with Gasteiger partial charge in [0, 0.05) is 13.2 Å². The molecule has 0 unspecified atom stereocenters. The standard InChI is InChI=1S/C13H15FN4O/c1-8-3-4-10(9(14)5-8)16-12-6-11(15)17-13(18-12)7-19-2/h3-6H,7H2,1-2H3,(H3,15,16,17,18). The van der Waals surface area contributed by atoms with Crippen LogP contribution in [0.1, 0.15) is 11.4 Å². The maximum atomic E-state index is 13.7. The SMILES string of the molecule is COCc1nc(N)cc(Nc2ccc(C)cc2F)n1. The monoisotopic (exact) mass is 262 g/mol. The minimum atomic E-state index is -0.342. The topological polar surface area (TPSA) is 73.1 Å². The maximum absolute atomic E-state index is 13.7. The molecule has 2 aromatic rings. The molecule has 1 heterocycles. The molecule has 2 rings (SSSR count). The fraction of sp³-hybridized carbons (Fsp3) is 0.231. The summed E-state index contributed by atoms with van der Waals surface area (Å²) in [5, 5.41) is 2.88. The van der Waals surface area contributed by atoms with E-state index in [0.717, 1.165) is 5.56 Å². The number of nitrogens with zero attached hydrogens (tertiary/aromatic N) is 2. The lowest BCUT2D eigenvalue weighted by Gasteiger charge is -2.09. The quantitative estimate of drug-likeness (QED) is 0.885. The molecule has 0 saturated heterocycles. The zero-order chi connectivity index (χ0) is 13.8. The van der Waals surface area contributed by atoms with Crippen molar-refractivity contribution in [2.24, 2.45) is 0 Å². The van der Waals surface area contributed by atoms with E-state index in [9.17, 15) is 4.39 Å². The van der Waals surface area contributed by atoms with Crippen molar-refractivity contribution in [1.82, 2.24) is 9.97 Å². The van der Waals surface area contributed by atoms with Crippen LogP contribution >= 0.6 is 0 Å². The van der Waals surface area contributed by atoms with Gasteiger partial charge >= 0.3 is 0 Å². The number of halogens is 1. The van der Waals surface area contributed by atoms with Crippen molar-refractivity contribution in [1.29, 1.82) is 0 Å². The number of methoxy groups -OCH3 is 1. The van der Waals surface area contributed by atoms with Gasteiger partial charge in [-0.05, 0) is 24.6 Å². The number of anilines is 3. The number of hydrogen-bond acceptors (Lipinski definition) is 5. The highest BCUT2D eigenvalue weighted by atomic mass is 19.1. The Labute approximate surface area is 110 Å². The summed E-state index contributed by atoms with van der Waals surface area (Å²) in [6.45, 7) is 2.07. The molecule has 19 heavy (non-hydrogen) atoms. The van der Waals surface area contributed by atoms with Crippen LogP contribution < -0.4 is 11.1 Å². The van der Waals surface area contributed by atoms with Gasteiger partial charge in [-0.1, -0.05) is 6.07 Å². The van der Waals surface area contributed by atoms with Gasteiger partial charge in [0.15, 0.2) is 5.82 Å². The number of nitrogens with two attached hydrogens (primary N) is 1. The van der Waals surface area contributed by atoms with Crippen LogP contribution in [0.3, 0.4) is 0 Å². The first-order valence-electron chi connectivity index (χ1n) is 5.74. The van der Waals surface area contributed by atoms with Gasteiger partial charge in [0.1, 0.15) is 24.1 Å². The lowest BCUT2D eigenvalue weighted by atomic mass is 10.2. The number of ether oxygens (including phenoxy) is 1. The number of aryl methyl sites for hydroxylation is 1. The van der Waals surface area contributed by atoms with Crippen LogP contribution in [0.5, 0.6) is 0 Å². The van der Waals surface area contributed by atoms with Crippen LogP contribution in [0, 0.1) is 12.7 Å². The zero-order valence-electron chi connectivity index (χ0n) is 10.8. The van der Waals surface area contributed by atoms with Gasteiger partial charge in [-0.2, -0.15) is 0 Å². The summed E-state index contributed by atoms with van der Waals surface area (Å²) >= 11 is 0. The van der Waals surface area contributed by atoms with Crippen molar-refractivity contribution < 1.29 is 9.13 Å². The van der Waals surface area contributed by atoms with E-state index in [2.05, 4.69) is 15.3 Å². The van der Waals surface area contributed by atoms with E-state index in [1.165, 1.54) is 6.07 Å². The molecule has 1 aromatic carbocycles. The maximum Gasteiger partial charge on any atom is 0.158 e. The molecule has 0 aliphatic heterocycles. The summed E-state index contributed by atoms with van der Waals surface area (Å²) in [5.41, 5.74) is 6.86. The molecule has 3 N–H and O–H groups in total. The Morgan fingerprint density at radius 3 is 2.79 bits per heavy atom. The Bertz CT molecular complexity index is 589. The van der Waals surface area contributed by atoms with Crippen molar-refractivity contribution in [3.8, 4) is 0 Å². The largest absolute Gasteiger partial charge is 0.384 e. The summed E-state index contributed by atoms with van der Waals surface area (Å²) in [6, 6.07) is 6.45. The number of benzene rings is 1. The van der Waals surface area contributed by atoms with Crippen LogP contribution in [-0.2, 0) is 11.3 Å². The Morgan fingerprint density at radius 2 is 2.11 bits per heavy atom. The van der Waals surface area contributed by atoms with Gasteiger partial charge < -0.3 is 15.8 Å². The third-order valence-electron chi connectivity index (χ3n) is 2.45. The summed E-state index contributed by atoms with van der Waals surface area (Å²) in [7, 11) is 1.54. The first kappa shape index (κ1) is 13.2. The normalized spacial score (nSPS) is 10.5. The summed E-state index contributed by atoms with van der Waals surface area (Å²) in [6.07, 6.45) is 0. The predicted molar refractivity (Wildman–Crippen MR) is 71.6 cm³/mol. The van der Waals surface area contributed by atoms with Crippen LogP contribution in [0.2, 0.25) is 0 Å². The second-order valence-corrected chi connectivity index (χ2v) is 4.14. The molecule has 0 fully saturated rings. The van der Waals surface area contributed by atoms with Gasteiger partial charge in [-0.15, -0.1) is 0 Å². The number of aromatic nitrogens is 2. The van der Waals surface area contributed by atoms with Crippen molar-refractivity contribution in [3.63, 3.8) is 0 Å². The first-order valence-corrected chi connectivity index (χ1v) is 5.74. The smallest absolute Gasteiger partial charge is 0.158 e. The molecule has 6 heteroatoms. The van der Waals surface area contributed by atoms with E-state index >= 15 is 0 Å². The van der Waals surface area contributed by atoms with Crippen molar-refractivity contribution in [2.45, 2.75) is 13.5 Å². The molecule has 0 aliphatic carbocycles. The summed E-state index contributed by atoms with van der Waals surface area (Å²) in [5.74, 6) is 0.836. The van der Waals surface area contributed by atoms with Crippen LogP contribution in [0.4, 0.5) is 21.7 Å². The number of nitrogen functional groups attached to an aromatic ring is 1. The fourth-order valence-corrected chi connectivity index (χ4v) is 1.63. The van der Waals surface area contributed by atoms with Crippen LogP contribution in [-0.4, -0.2) is 17.1 Å². The molecular weight excluding hydrogens is 247 g/mol. The second kappa shape index (κ2) is 5.62. The summed E-state index contributed by atoms with van der Waals surface area (Å²) < 4.78 is 18.7. The zero-order valence-corrected chi connectivity index (χ0v) is 10.8. The third-order valence-corrected chi connectivity index (χ3v) is 2.45. The Morgan fingerprint density at radius 1 is 1.32 bits per heavy atom. The molecule has 0 bridgehead atoms. The van der Waals surface area contributed by atoms with E-state index in [4.69, 9.17) is 10.5 Å². The van der Waals surface area contributed by atoms with Crippen LogP contribution in [0.15, 0.2) is 24.3 Å². The van der Waals surface area contributed by atoms with E-state index in [-0.39, 0.29) is 12.4 Å². The van der Waals surface area contributed by atoms with Gasteiger partial charge in [0.05, 0.1) is 5.69 Å². The average Bonchev–Trinajstić information content (AvgIpc) is 2.32. The van der Waals surface area contributed by atoms with E-state index in [1.54, 1.807) is 19.2 Å². The van der Waals surface area contributed by atoms with Crippen molar-refractivity contribution >= 4 is 17.3 Å². The van der Waals surface area contributed by atoms with E-state index < -0.39 is 0 Å². The molecule has 0 radical (unpaired) electrons. The second-order valence-electron chi connectivity index (χ2n) is 4.14. The van der Waals surface area contributed by atoms with E-state index in [0.29, 0.717) is 23.1 Å². The Kier molecular flexibility index (Phi) is 3.91. The Hall–Kier alpha value is -2.21. The molecule has 0 spiro atoms. The molecule has 100 valence electrons. The average molecular weight is 262 g/mol. The lowest BCUT2D eigenvalue weighted by Crippen LogP contribution is -2.05.